The number of rotatable bonds is 3. The molecule has 1 aliphatic heterocycles. The normalized spacial score (nSPS) is 12.8. The first-order valence-electron chi connectivity index (χ1n) is 6.40. The number of fused-ring (bicyclic) bond motifs is 1. The number of ether oxygens (including phenoxy) is 2. The van der Waals surface area contributed by atoms with Crippen molar-refractivity contribution >= 4 is 11.6 Å². The molecule has 1 aromatic carbocycles. The molecule has 0 atom stereocenters. The third-order valence-electron chi connectivity index (χ3n) is 3.08. The number of aromatic amines is 1. The number of aromatic nitrogens is 2. The average Bonchev–Trinajstić information content (AvgIpc) is 3.07. The summed E-state index contributed by atoms with van der Waals surface area (Å²) in [6.07, 6.45) is 0. The van der Waals surface area contributed by atoms with E-state index < -0.39 is 0 Å². The Morgan fingerprint density at radius 2 is 2.10 bits per heavy atom. The van der Waals surface area contributed by atoms with Crippen molar-refractivity contribution < 1.29 is 14.3 Å². The number of carbonyl (C=O) groups is 1. The third-order valence-corrected chi connectivity index (χ3v) is 3.08. The van der Waals surface area contributed by atoms with Gasteiger partial charge in [0.15, 0.2) is 17.2 Å². The molecule has 0 unspecified atom stereocenters. The summed E-state index contributed by atoms with van der Waals surface area (Å²) in [5.74, 6) is 1.36. The molecule has 0 saturated carbocycles. The fourth-order valence-corrected chi connectivity index (χ4v) is 1.92. The molecule has 2 aromatic rings. The lowest BCUT2D eigenvalue weighted by Crippen LogP contribution is -2.12. The highest BCUT2D eigenvalue weighted by Crippen LogP contribution is 2.34. The summed E-state index contributed by atoms with van der Waals surface area (Å²) in [5.41, 5.74) is 1.94. The van der Waals surface area contributed by atoms with Crippen molar-refractivity contribution in [2.24, 2.45) is 0 Å². The minimum atomic E-state index is -0.257. The molecule has 3 rings (SSSR count). The van der Waals surface area contributed by atoms with Gasteiger partial charge in [-0.3, -0.25) is 9.89 Å². The van der Waals surface area contributed by atoms with Crippen LogP contribution in [0.5, 0.6) is 11.5 Å². The van der Waals surface area contributed by atoms with Crippen LogP contribution in [0.1, 0.15) is 35.9 Å². The van der Waals surface area contributed by atoms with Crippen molar-refractivity contribution in [3.05, 3.63) is 35.7 Å². The van der Waals surface area contributed by atoms with Crippen molar-refractivity contribution in [2.75, 3.05) is 12.1 Å². The molecule has 6 heteroatoms. The lowest BCUT2D eigenvalue weighted by atomic mass is 10.1. The van der Waals surface area contributed by atoms with E-state index in [-0.39, 0.29) is 12.7 Å². The predicted octanol–water partition coefficient (Wildman–Crippen LogP) is 2.51. The highest BCUT2D eigenvalue weighted by molar-refractivity contribution is 6.03. The van der Waals surface area contributed by atoms with Gasteiger partial charge in [0.25, 0.3) is 5.91 Å². The SMILES string of the molecule is CC(C)c1cc(C(=O)Nc2ccc3c(c2)OCO3)n[nH]1. The highest BCUT2D eigenvalue weighted by atomic mass is 16.7. The number of hydrogen-bond donors (Lipinski definition) is 2. The predicted molar refractivity (Wildman–Crippen MR) is 73.2 cm³/mol. The van der Waals surface area contributed by atoms with Gasteiger partial charge in [-0.05, 0) is 24.1 Å². The first-order chi connectivity index (χ1) is 9.63. The van der Waals surface area contributed by atoms with Crippen LogP contribution in [0, 0.1) is 0 Å². The van der Waals surface area contributed by atoms with Crippen LogP contribution in [0.4, 0.5) is 5.69 Å². The average molecular weight is 273 g/mol. The number of nitrogens with one attached hydrogen (secondary N) is 2. The zero-order chi connectivity index (χ0) is 14.1. The molecule has 0 bridgehead atoms. The Morgan fingerprint density at radius 1 is 1.30 bits per heavy atom. The van der Waals surface area contributed by atoms with Gasteiger partial charge in [-0.15, -0.1) is 0 Å². The maximum absolute atomic E-state index is 12.1. The first kappa shape index (κ1) is 12.5. The molecule has 0 fully saturated rings. The Hall–Kier alpha value is -2.50. The van der Waals surface area contributed by atoms with Crippen molar-refractivity contribution in [2.45, 2.75) is 19.8 Å². The minimum absolute atomic E-state index is 0.212. The Balaban J connectivity index is 1.75. The molecule has 1 amide bonds. The second kappa shape index (κ2) is 4.88. The van der Waals surface area contributed by atoms with Crippen LogP contribution >= 0.6 is 0 Å². The molecule has 2 N–H and O–H groups in total. The van der Waals surface area contributed by atoms with Crippen LogP contribution in [-0.4, -0.2) is 22.9 Å². The summed E-state index contributed by atoms with van der Waals surface area (Å²) in [6, 6.07) is 7.02. The fraction of sp³-hybridized carbons (Fsp3) is 0.286. The maximum Gasteiger partial charge on any atom is 0.276 e. The number of benzene rings is 1. The van der Waals surface area contributed by atoms with Crippen LogP contribution < -0.4 is 14.8 Å². The molecule has 0 saturated heterocycles. The summed E-state index contributed by atoms with van der Waals surface area (Å²) >= 11 is 0. The fourth-order valence-electron chi connectivity index (χ4n) is 1.92. The van der Waals surface area contributed by atoms with E-state index in [1.165, 1.54) is 0 Å². The Kier molecular flexibility index (Phi) is 3.06. The second-order valence-electron chi connectivity index (χ2n) is 4.89. The largest absolute Gasteiger partial charge is 0.454 e. The number of carbonyl (C=O) groups excluding carboxylic acids is 1. The quantitative estimate of drug-likeness (QED) is 0.901. The molecule has 0 spiro atoms. The van der Waals surface area contributed by atoms with E-state index >= 15 is 0 Å². The van der Waals surface area contributed by atoms with Gasteiger partial charge in [0, 0.05) is 17.4 Å². The second-order valence-corrected chi connectivity index (χ2v) is 4.89. The van der Waals surface area contributed by atoms with Crippen LogP contribution in [0.15, 0.2) is 24.3 Å². The third kappa shape index (κ3) is 2.32. The number of nitrogens with zero attached hydrogens (tertiary/aromatic N) is 1. The zero-order valence-electron chi connectivity index (χ0n) is 11.3. The molecule has 6 nitrogen and oxygen atoms in total. The number of anilines is 1. The van der Waals surface area contributed by atoms with Gasteiger partial charge in [0.05, 0.1) is 0 Å². The topological polar surface area (TPSA) is 76.2 Å². The number of H-pyrrole nitrogens is 1. The highest BCUT2D eigenvalue weighted by Gasteiger charge is 2.16. The van der Waals surface area contributed by atoms with Gasteiger partial charge in [-0.25, -0.2) is 0 Å². The van der Waals surface area contributed by atoms with Crippen LogP contribution in [-0.2, 0) is 0 Å². The lowest BCUT2D eigenvalue weighted by molar-refractivity contribution is 0.102. The molecule has 0 aliphatic carbocycles. The minimum Gasteiger partial charge on any atom is -0.454 e. The van der Waals surface area contributed by atoms with E-state index in [4.69, 9.17) is 9.47 Å². The van der Waals surface area contributed by atoms with Crippen LogP contribution in [0.2, 0.25) is 0 Å². The summed E-state index contributed by atoms with van der Waals surface area (Å²) < 4.78 is 10.5. The molecule has 1 aliphatic rings. The molecule has 0 radical (unpaired) electrons. The molecular weight excluding hydrogens is 258 g/mol. The summed E-state index contributed by atoms with van der Waals surface area (Å²) in [5, 5.41) is 9.65. The molecule has 104 valence electrons. The van der Waals surface area contributed by atoms with Crippen molar-refractivity contribution in [3.63, 3.8) is 0 Å². The van der Waals surface area contributed by atoms with Crippen molar-refractivity contribution in [3.8, 4) is 11.5 Å². The van der Waals surface area contributed by atoms with E-state index in [1.807, 2.05) is 13.8 Å². The van der Waals surface area contributed by atoms with E-state index in [0.717, 1.165) is 5.69 Å². The lowest BCUT2D eigenvalue weighted by Gasteiger charge is -2.04. The maximum atomic E-state index is 12.1. The Morgan fingerprint density at radius 3 is 2.85 bits per heavy atom. The monoisotopic (exact) mass is 273 g/mol. The van der Waals surface area contributed by atoms with E-state index in [2.05, 4.69) is 15.5 Å². The van der Waals surface area contributed by atoms with Crippen molar-refractivity contribution in [1.82, 2.24) is 10.2 Å². The van der Waals surface area contributed by atoms with E-state index in [1.54, 1.807) is 24.3 Å². The number of hydrogen-bond acceptors (Lipinski definition) is 4. The van der Waals surface area contributed by atoms with Crippen LogP contribution in [0.25, 0.3) is 0 Å². The van der Waals surface area contributed by atoms with Crippen LogP contribution in [0.3, 0.4) is 0 Å². The van der Waals surface area contributed by atoms with Gasteiger partial charge in [-0.1, -0.05) is 13.8 Å². The summed E-state index contributed by atoms with van der Waals surface area (Å²) in [4.78, 5) is 12.1. The van der Waals surface area contributed by atoms with E-state index in [0.29, 0.717) is 28.8 Å². The molecular formula is C14H15N3O3. The number of amides is 1. The summed E-state index contributed by atoms with van der Waals surface area (Å²) in [7, 11) is 0. The Bertz CT molecular complexity index is 649. The van der Waals surface area contributed by atoms with Gasteiger partial charge in [-0.2, -0.15) is 5.10 Å². The molecule has 1 aromatic heterocycles. The first-order valence-corrected chi connectivity index (χ1v) is 6.40. The molecule has 2 heterocycles. The smallest absolute Gasteiger partial charge is 0.276 e. The molecule has 20 heavy (non-hydrogen) atoms. The Labute approximate surface area is 116 Å². The standard InChI is InChI=1S/C14H15N3O3/c1-8(2)10-6-11(17-16-10)14(18)15-9-3-4-12-13(5-9)20-7-19-12/h3-6,8H,7H2,1-2H3,(H,15,18)(H,16,17). The zero-order valence-corrected chi connectivity index (χ0v) is 11.3. The van der Waals surface area contributed by atoms with Gasteiger partial charge in [0.2, 0.25) is 6.79 Å². The summed E-state index contributed by atoms with van der Waals surface area (Å²) in [6.45, 7) is 4.28. The van der Waals surface area contributed by atoms with Gasteiger partial charge < -0.3 is 14.8 Å². The van der Waals surface area contributed by atoms with E-state index in [9.17, 15) is 4.79 Å². The van der Waals surface area contributed by atoms with Gasteiger partial charge >= 0.3 is 0 Å². The van der Waals surface area contributed by atoms with Gasteiger partial charge in [0.1, 0.15) is 0 Å². The van der Waals surface area contributed by atoms with Crippen molar-refractivity contribution in [1.29, 1.82) is 0 Å².